The molecule has 110 valence electrons. The molecule has 1 N–H and O–H groups in total. The molecule has 1 aliphatic heterocycles. The van der Waals surface area contributed by atoms with Gasteiger partial charge in [-0.15, -0.1) is 0 Å². The van der Waals surface area contributed by atoms with E-state index in [4.69, 9.17) is 21.7 Å². The van der Waals surface area contributed by atoms with Gasteiger partial charge >= 0.3 is 0 Å². The van der Waals surface area contributed by atoms with Crippen molar-refractivity contribution < 1.29 is 13.9 Å². The van der Waals surface area contributed by atoms with Gasteiger partial charge in [-0.2, -0.15) is 0 Å². The quantitative estimate of drug-likeness (QED) is 0.725. The number of benzene rings is 2. The van der Waals surface area contributed by atoms with E-state index in [9.17, 15) is 4.39 Å². The van der Waals surface area contributed by atoms with Crippen LogP contribution in [0.4, 0.5) is 4.39 Å². The Kier molecular flexibility index (Phi) is 2.97. The SMILES string of the molecule is Fc1ccc(-n2cc(-c3ccc4c(c3)OCO4)[nH]c2=S)cc1. The second-order valence-corrected chi connectivity index (χ2v) is 5.27. The van der Waals surface area contributed by atoms with E-state index in [1.54, 1.807) is 16.7 Å². The molecule has 0 amide bonds. The maximum Gasteiger partial charge on any atom is 0.231 e. The fourth-order valence-electron chi connectivity index (χ4n) is 2.40. The van der Waals surface area contributed by atoms with Gasteiger partial charge in [0.2, 0.25) is 6.79 Å². The first-order valence-electron chi connectivity index (χ1n) is 6.68. The number of fused-ring (bicyclic) bond motifs is 1. The van der Waals surface area contributed by atoms with Crippen LogP contribution in [0.5, 0.6) is 11.5 Å². The number of ether oxygens (including phenoxy) is 2. The number of aromatic amines is 1. The molecule has 0 saturated carbocycles. The molecule has 6 heteroatoms. The summed E-state index contributed by atoms with van der Waals surface area (Å²) in [5, 5.41) is 0. The molecule has 4 nitrogen and oxygen atoms in total. The highest BCUT2D eigenvalue weighted by atomic mass is 32.1. The molecule has 0 saturated heterocycles. The average molecular weight is 314 g/mol. The zero-order valence-corrected chi connectivity index (χ0v) is 12.2. The summed E-state index contributed by atoms with van der Waals surface area (Å²) < 4.78 is 26.1. The summed E-state index contributed by atoms with van der Waals surface area (Å²) in [6.07, 6.45) is 1.88. The van der Waals surface area contributed by atoms with Crippen molar-refractivity contribution in [1.82, 2.24) is 9.55 Å². The molecule has 2 aromatic carbocycles. The van der Waals surface area contributed by atoms with E-state index in [1.807, 2.05) is 24.4 Å². The molecule has 1 aliphatic rings. The van der Waals surface area contributed by atoms with E-state index < -0.39 is 0 Å². The number of rotatable bonds is 2. The van der Waals surface area contributed by atoms with Crippen molar-refractivity contribution in [1.29, 1.82) is 0 Å². The number of imidazole rings is 1. The summed E-state index contributed by atoms with van der Waals surface area (Å²) in [6, 6.07) is 11.9. The maximum atomic E-state index is 13.0. The molecular weight excluding hydrogens is 303 g/mol. The van der Waals surface area contributed by atoms with Crippen LogP contribution in [0.2, 0.25) is 0 Å². The predicted octanol–water partition coefficient (Wildman–Crippen LogP) is 4.07. The number of aromatic nitrogens is 2. The first-order valence-corrected chi connectivity index (χ1v) is 7.09. The van der Waals surface area contributed by atoms with Crippen LogP contribution in [0.3, 0.4) is 0 Å². The third-order valence-electron chi connectivity index (χ3n) is 3.51. The largest absolute Gasteiger partial charge is 0.454 e. The highest BCUT2D eigenvalue weighted by molar-refractivity contribution is 7.71. The van der Waals surface area contributed by atoms with Gasteiger partial charge in [-0.05, 0) is 54.7 Å². The molecule has 0 aliphatic carbocycles. The number of H-pyrrole nitrogens is 1. The molecule has 0 bridgehead atoms. The van der Waals surface area contributed by atoms with Crippen LogP contribution in [-0.2, 0) is 0 Å². The van der Waals surface area contributed by atoms with Crippen molar-refractivity contribution in [3.8, 4) is 28.4 Å². The highest BCUT2D eigenvalue weighted by Gasteiger charge is 2.15. The van der Waals surface area contributed by atoms with Crippen LogP contribution >= 0.6 is 12.2 Å². The Balaban J connectivity index is 1.77. The number of nitrogens with one attached hydrogen (secondary N) is 1. The molecule has 0 atom stereocenters. The minimum atomic E-state index is -0.276. The van der Waals surface area contributed by atoms with Crippen LogP contribution in [-0.4, -0.2) is 16.3 Å². The molecule has 22 heavy (non-hydrogen) atoms. The summed E-state index contributed by atoms with van der Waals surface area (Å²) in [6.45, 7) is 0.241. The van der Waals surface area contributed by atoms with Crippen molar-refractivity contribution >= 4 is 12.2 Å². The first-order chi connectivity index (χ1) is 10.7. The zero-order chi connectivity index (χ0) is 15.1. The van der Waals surface area contributed by atoms with Crippen LogP contribution in [0.15, 0.2) is 48.7 Å². The third-order valence-corrected chi connectivity index (χ3v) is 3.81. The molecule has 4 rings (SSSR count). The number of halogens is 1. The van der Waals surface area contributed by atoms with Gasteiger partial charge in [0.1, 0.15) is 5.82 Å². The number of nitrogens with zero attached hydrogens (tertiary/aromatic N) is 1. The molecule has 3 aromatic rings. The molecule has 0 fully saturated rings. The van der Waals surface area contributed by atoms with Crippen LogP contribution in [0.25, 0.3) is 16.9 Å². The lowest BCUT2D eigenvalue weighted by Crippen LogP contribution is -1.92. The summed E-state index contributed by atoms with van der Waals surface area (Å²) in [5.41, 5.74) is 2.60. The average Bonchev–Trinajstić information content (AvgIpc) is 3.13. The van der Waals surface area contributed by atoms with E-state index >= 15 is 0 Å². The first kappa shape index (κ1) is 13.1. The van der Waals surface area contributed by atoms with Gasteiger partial charge in [0.05, 0.1) is 5.69 Å². The summed E-state index contributed by atoms with van der Waals surface area (Å²) >= 11 is 5.34. The minimum absolute atomic E-state index is 0.241. The zero-order valence-electron chi connectivity index (χ0n) is 11.4. The van der Waals surface area contributed by atoms with E-state index in [2.05, 4.69) is 4.98 Å². The molecular formula is C16H11FN2O2S. The Labute approximate surface area is 130 Å². The summed E-state index contributed by atoms with van der Waals surface area (Å²) in [7, 11) is 0. The molecule has 0 radical (unpaired) electrons. The van der Waals surface area contributed by atoms with Crippen molar-refractivity contribution in [2.75, 3.05) is 6.79 Å². The minimum Gasteiger partial charge on any atom is -0.454 e. The van der Waals surface area contributed by atoms with Crippen molar-refractivity contribution in [3.63, 3.8) is 0 Å². The fraction of sp³-hybridized carbons (Fsp3) is 0.0625. The Morgan fingerprint density at radius 3 is 2.64 bits per heavy atom. The molecule has 0 spiro atoms. The van der Waals surface area contributed by atoms with Gasteiger partial charge in [-0.3, -0.25) is 4.57 Å². The Bertz CT molecular complexity index is 899. The fourth-order valence-corrected chi connectivity index (χ4v) is 2.67. The lowest BCUT2D eigenvalue weighted by atomic mass is 10.1. The Morgan fingerprint density at radius 2 is 1.82 bits per heavy atom. The van der Waals surface area contributed by atoms with Crippen molar-refractivity contribution in [2.24, 2.45) is 0 Å². The van der Waals surface area contributed by atoms with Crippen molar-refractivity contribution in [3.05, 3.63) is 59.2 Å². The topological polar surface area (TPSA) is 39.2 Å². The Morgan fingerprint density at radius 1 is 1.05 bits per heavy atom. The van der Waals surface area contributed by atoms with Gasteiger partial charge < -0.3 is 14.5 Å². The number of hydrogen-bond donors (Lipinski definition) is 1. The lowest BCUT2D eigenvalue weighted by Gasteiger charge is -2.02. The van der Waals surface area contributed by atoms with E-state index in [-0.39, 0.29) is 12.6 Å². The normalized spacial score (nSPS) is 12.6. The smallest absolute Gasteiger partial charge is 0.231 e. The monoisotopic (exact) mass is 314 g/mol. The van der Waals surface area contributed by atoms with Crippen LogP contribution < -0.4 is 9.47 Å². The van der Waals surface area contributed by atoms with E-state index in [1.165, 1.54) is 12.1 Å². The molecule has 2 heterocycles. The van der Waals surface area contributed by atoms with Crippen LogP contribution in [0.1, 0.15) is 0 Å². The maximum absolute atomic E-state index is 13.0. The van der Waals surface area contributed by atoms with Crippen LogP contribution in [0, 0.1) is 10.6 Å². The highest BCUT2D eigenvalue weighted by Crippen LogP contribution is 2.35. The number of hydrogen-bond acceptors (Lipinski definition) is 3. The van der Waals surface area contributed by atoms with E-state index in [0.717, 1.165) is 22.7 Å². The third kappa shape index (κ3) is 2.17. The second-order valence-electron chi connectivity index (χ2n) is 4.89. The van der Waals surface area contributed by atoms with E-state index in [0.29, 0.717) is 10.5 Å². The van der Waals surface area contributed by atoms with Crippen molar-refractivity contribution in [2.45, 2.75) is 0 Å². The standard InChI is InChI=1S/C16H11FN2O2S/c17-11-2-4-12(5-3-11)19-8-13(18-16(19)22)10-1-6-14-15(7-10)21-9-20-14/h1-8H,9H2,(H,18,22). The van der Waals surface area contributed by atoms with Gasteiger partial charge in [-0.1, -0.05) is 0 Å². The lowest BCUT2D eigenvalue weighted by molar-refractivity contribution is 0.174. The van der Waals surface area contributed by atoms with Gasteiger partial charge in [-0.25, -0.2) is 4.39 Å². The van der Waals surface area contributed by atoms with Gasteiger partial charge in [0.25, 0.3) is 0 Å². The predicted molar refractivity (Wildman–Crippen MR) is 82.5 cm³/mol. The van der Waals surface area contributed by atoms with Gasteiger partial charge in [0, 0.05) is 17.4 Å². The molecule has 1 aromatic heterocycles. The summed E-state index contributed by atoms with van der Waals surface area (Å²) in [5.74, 6) is 1.17. The second kappa shape index (κ2) is 4.99. The van der Waals surface area contributed by atoms with Gasteiger partial charge in [0.15, 0.2) is 16.3 Å². The Hall–Kier alpha value is -2.60. The summed E-state index contributed by atoms with van der Waals surface area (Å²) in [4.78, 5) is 3.15. The molecule has 0 unspecified atom stereocenters.